The Balaban J connectivity index is 2.36. The van der Waals surface area contributed by atoms with Crippen LogP contribution in [-0.2, 0) is 6.54 Å². The van der Waals surface area contributed by atoms with Crippen LogP contribution in [0.2, 0.25) is 0 Å². The maximum atomic E-state index is 5.59. The average molecular weight is 208 g/mol. The van der Waals surface area contributed by atoms with Crippen molar-refractivity contribution in [2.24, 2.45) is 0 Å². The standard InChI is InChI=1S/C12H20N2O/c1-13-10-11-4-6-12(7-5-11)15-9-8-14(2)3/h4-7,13H,8-10H2,1-3H3. The van der Waals surface area contributed by atoms with Crippen LogP contribution in [0.5, 0.6) is 5.75 Å². The van der Waals surface area contributed by atoms with Gasteiger partial charge in [-0.15, -0.1) is 0 Å². The van der Waals surface area contributed by atoms with E-state index in [0.717, 1.165) is 25.4 Å². The summed E-state index contributed by atoms with van der Waals surface area (Å²) in [4.78, 5) is 2.11. The van der Waals surface area contributed by atoms with Crippen molar-refractivity contribution in [2.75, 3.05) is 34.3 Å². The summed E-state index contributed by atoms with van der Waals surface area (Å²) in [5.41, 5.74) is 1.28. The Morgan fingerprint density at radius 3 is 2.40 bits per heavy atom. The number of rotatable bonds is 6. The molecule has 0 bridgehead atoms. The first-order valence-corrected chi connectivity index (χ1v) is 5.23. The number of ether oxygens (including phenoxy) is 1. The van der Waals surface area contributed by atoms with Gasteiger partial charge >= 0.3 is 0 Å². The van der Waals surface area contributed by atoms with Crippen LogP contribution in [0.4, 0.5) is 0 Å². The zero-order chi connectivity index (χ0) is 11.1. The van der Waals surface area contributed by atoms with Crippen molar-refractivity contribution in [3.63, 3.8) is 0 Å². The van der Waals surface area contributed by atoms with Gasteiger partial charge in [-0.1, -0.05) is 12.1 Å². The molecule has 0 spiro atoms. The molecular weight excluding hydrogens is 188 g/mol. The summed E-state index contributed by atoms with van der Waals surface area (Å²) in [7, 11) is 6.03. The monoisotopic (exact) mass is 208 g/mol. The normalized spacial score (nSPS) is 10.7. The molecule has 0 saturated carbocycles. The quantitative estimate of drug-likeness (QED) is 0.763. The highest BCUT2D eigenvalue weighted by Gasteiger charge is 1.95. The van der Waals surface area contributed by atoms with Crippen LogP contribution in [0.15, 0.2) is 24.3 Å². The molecule has 0 aliphatic carbocycles. The Morgan fingerprint density at radius 2 is 1.87 bits per heavy atom. The molecule has 15 heavy (non-hydrogen) atoms. The predicted octanol–water partition coefficient (Wildman–Crippen LogP) is 1.35. The summed E-state index contributed by atoms with van der Waals surface area (Å²) in [5.74, 6) is 0.941. The van der Waals surface area contributed by atoms with E-state index in [0.29, 0.717) is 0 Å². The van der Waals surface area contributed by atoms with Gasteiger partial charge in [0.2, 0.25) is 0 Å². The van der Waals surface area contributed by atoms with Gasteiger partial charge in [0.05, 0.1) is 0 Å². The summed E-state index contributed by atoms with van der Waals surface area (Å²) in [5, 5.41) is 3.11. The van der Waals surface area contributed by atoms with Crippen molar-refractivity contribution in [3.05, 3.63) is 29.8 Å². The minimum atomic E-state index is 0.734. The first-order valence-electron chi connectivity index (χ1n) is 5.23. The molecule has 0 amide bonds. The first kappa shape index (κ1) is 12.0. The molecule has 0 atom stereocenters. The van der Waals surface area contributed by atoms with Gasteiger partial charge in [0.1, 0.15) is 12.4 Å². The Labute approximate surface area is 92.0 Å². The lowest BCUT2D eigenvalue weighted by Gasteiger charge is -2.11. The van der Waals surface area contributed by atoms with Gasteiger partial charge in [-0.2, -0.15) is 0 Å². The minimum absolute atomic E-state index is 0.734. The van der Waals surface area contributed by atoms with Crippen LogP contribution in [-0.4, -0.2) is 39.2 Å². The summed E-state index contributed by atoms with van der Waals surface area (Å²) >= 11 is 0. The highest BCUT2D eigenvalue weighted by molar-refractivity contribution is 5.27. The lowest BCUT2D eigenvalue weighted by molar-refractivity contribution is 0.261. The van der Waals surface area contributed by atoms with E-state index in [4.69, 9.17) is 4.74 Å². The molecular formula is C12H20N2O. The highest BCUT2D eigenvalue weighted by atomic mass is 16.5. The Kier molecular flexibility index (Phi) is 5.15. The molecule has 0 radical (unpaired) electrons. The van der Waals surface area contributed by atoms with Gasteiger partial charge < -0.3 is 15.0 Å². The Hall–Kier alpha value is -1.06. The zero-order valence-corrected chi connectivity index (χ0v) is 9.79. The molecule has 0 unspecified atom stereocenters. The molecule has 3 nitrogen and oxygen atoms in total. The second kappa shape index (κ2) is 6.43. The SMILES string of the molecule is CNCc1ccc(OCCN(C)C)cc1. The van der Waals surface area contributed by atoms with E-state index >= 15 is 0 Å². The third-order valence-corrected chi connectivity index (χ3v) is 2.11. The van der Waals surface area contributed by atoms with Crippen LogP contribution in [0.25, 0.3) is 0 Å². The number of hydrogen-bond donors (Lipinski definition) is 1. The van der Waals surface area contributed by atoms with Crippen LogP contribution in [0.3, 0.4) is 0 Å². The number of nitrogens with one attached hydrogen (secondary N) is 1. The molecule has 1 aromatic carbocycles. The molecule has 0 aliphatic heterocycles. The van der Waals surface area contributed by atoms with Gasteiger partial charge in [0.15, 0.2) is 0 Å². The van der Waals surface area contributed by atoms with Gasteiger partial charge in [-0.05, 0) is 38.8 Å². The summed E-state index contributed by atoms with van der Waals surface area (Å²) in [6.07, 6.45) is 0. The molecule has 3 heteroatoms. The fraction of sp³-hybridized carbons (Fsp3) is 0.500. The Morgan fingerprint density at radius 1 is 1.20 bits per heavy atom. The topological polar surface area (TPSA) is 24.5 Å². The van der Waals surface area contributed by atoms with E-state index in [2.05, 4.69) is 22.3 Å². The van der Waals surface area contributed by atoms with E-state index in [1.165, 1.54) is 5.56 Å². The number of likely N-dealkylation sites (N-methyl/N-ethyl adjacent to an activating group) is 1. The van der Waals surface area contributed by atoms with Crippen molar-refractivity contribution < 1.29 is 4.74 Å². The molecule has 0 saturated heterocycles. The highest BCUT2D eigenvalue weighted by Crippen LogP contribution is 2.11. The fourth-order valence-corrected chi connectivity index (χ4v) is 1.25. The van der Waals surface area contributed by atoms with Crippen LogP contribution >= 0.6 is 0 Å². The van der Waals surface area contributed by atoms with Gasteiger partial charge in [-0.3, -0.25) is 0 Å². The van der Waals surface area contributed by atoms with Crippen molar-refractivity contribution in [2.45, 2.75) is 6.54 Å². The smallest absolute Gasteiger partial charge is 0.119 e. The lowest BCUT2D eigenvalue weighted by Crippen LogP contribution is -2.19. The van der Waals surface area contributed by atoms with Crippen LogP contribution < -0.4 is 10.1 Å². The van der Waals surface area contributed by atoms with E-state index < -0.39 is 0 Å². The van der Waals surface area contributed by atoms with Gasteiger partial charge in [0, 0.05) is 13.1 Å². The fourth-order valence-electron chi connectivity index (χ4n) is 1.25. The molecule has 0 heterocycles. The maximum Gasteiger partial charge on any atom is 0.119 e. The predicted molar refractivity (Wildman–Crippen MR) is 63.3 cm³/mol. The maximum absolute atomic E-state index is 5.59. The van der Waals surface area contributed by atoms with E-state index in [-0.39, 0.29) is 0 Å². The minimum Gasteiger partial charge on any atom is -0.492 e. The lowest BCUT2D eigenvalue weighted by atomic mass is 10.2. The Bertz CT molecular complexity index is 269. The van der Waals surface area contributed by atoms with Gasteiger partial charge in [-0.25, -0.2) is 0 Å². The van der Waals surface area contributed by atoms with Crippen molar-refractivity contribution >= 4 is 0 Å². The average Bonchev–Trinajstić information content (AvgIpc) is 2.20. The molecule has 1 N–H and O–H groups in total. The largest absolute Gasteiger partial charge is 0.492 e. The van der Waals surface area contributed by atoms with Crippen molar-refractivity contribution in [3.8, 4) is 5.75 Å². The van der Waals surface area contributed by atoms with E-state index in [1.54, 1.807) is 0 Å². The molecule has 1 aromatic rings. The molecule has 1 rings (SSSR count). The van der Waals surface area contributed by atoms with Crippen molar-refractivity contribution in [1.29, 1.82) is 0 Å². The number of nitrogens with zero attached hydrogens (tertiary/aromatic N) is 1. The van der Waals surface area contributed by atoms with Crippen LogP contribution in [0, 0.1) is 0 Å². The first-order chi connectivity index (χ1) is 7.22. The van der Waals surface area contributed by atoms with Crippen molar-refractivity contribution in [1.82, 2.24) is 10.2 Å². The van der Waals surface area contributed by atoms with E-state index in [9.17, 15) is 0 Å². The summed E-state index contributed by atoms with van der Waals surface area (Å²) in [6.45, 7) is 2.58. The third kappa shape index (κ3) is 4.81. The molecule has 0 aromatic heterocycles. The van der Waals surface area contributed by atoms with Gasteiger partial charge in [0.25, 0.3) is 0 Å². The van der Waals surface area contributed by atoms with E-state index in [1.807, 2.05) is 33.3 Å². The second-order valence-electron chi connectivity index (χ2n) is 3.83. The number of benzene rings is 1. The molecule has 0 aliphatic rings. The van der Waals surface area contributed by atoms with Crippen LogP contribution in [0.1, 0.15) is 5.56 Å². The number of hydrogen-bond acceptors (Lipinski definition) is 3. The summed E-state index contributed by atoms with van der Waals surface area (Å²) in [6, 6.07) is 8.20. The third-order valence-electron chi connectivity index (χ3n) is 2.11. The second-order valence-corrected chi connectivity index (χ2v) is 3.83. The molecule has 0 fully saturated rings. The molecule has 84 valence electrons. The zero-order valence-electron chi connectivity index (χ0n) is 9.79. The summed E-state index contributed by atoms with van der Waals surface area (Å²) < 4.78 is 5.59.